The number of fused-ring (bicyclic) bond motifs is 7. The summed E-state index contributed by atoms with van der Waals surface area (Å²) >= 11 is 8.22. The van der Waals surface area contributed by atoms with Gasteiger partial charge in [-0.25, -0.2) is 9.78 Å². The predicted molar refractivity (Wildman–Crippen MR) is 239 cm³/mol. The Morgan fingerprint density at radius 3 is 2.43 bits per heavy atom. The molecule has 5 aromatic rings. The first kappa shape index (κ1) is 42.1. The summed E-state index contributed by atoms with van der Waals surface area (Å²) in [6.45, 7) is 15.0. The highest BCUT2D eigenvalue weighted by molar-refractivity contribution is 7.13. The molecule has 1 atom stereocenters. The van der Waals surface area contributed by atoms with Gasteiger partial charge in [-0.15, -0.1) is 11.3 Å². The SMILES string of the molecule is CC.Cc1ncsc1-c1ccc(C(CCCCCN2CCC(c3ccc4c(c3)C3(CCCCC3)c3nc(=O)c5c(Cl)cccc5n3-4)CC2)NC(=O)OC(C)(C)C)cc1. The van der Waals surface area contributed by atoms with Gasteiger partial charge in [-0.05, 0) is 132 Å². The van der Waals surface area contributed by atoms with Crippen molar-refractivity contribution in [2.75, 3.05) is 19.6 Å². The third kappa shape index (κ3) is 8.78. The lowest BCUT2D eigenvalue weighted by Crippen LogP contribution is -2.35. The van der Waals surface area contributed by atoms with Crippen LogP contribution in [0.25, 0.3) is 27.0 Å². The van der Waals surface area contributed by atoms with E-state index in [0.29, 0.717) is 16.3 Å². The van der Waals surface area contributed by atoms with Crippen molar-refractivity contribution in [1.29, 1.82) is 0 Å². The monoisotopic (exact) mass is 821 g/mol. The summed E-state index contributed by atoms with van der Waals surface area (Å²) in [5.74, 6) is 1.43. The van der Waals surface area contributed by atoms with Gasteiger partial charge in [-0.2, -0.15) is 4.98 Å². The number of nitrogens with one attached hydrogen (secondary N) is 1. The standard InChI is InChI=1S/C46H54ClN5O3S.C2H6/c1-30-41(56-29-48-30)33-17-15-32(16-18-33)37(49-44(54)55-45(2,3)4)13-7-5-10-25-51-26-21-31(22-27-51)34-19-20-38-35(28-34)46(23-8-6-9-24-46)43-50-42(53)40-36(47)12-11-14-39(40)52(38)43;1-2/h11-12,14-20,28-29,31,37H,5-10,13,21-27H2,1-4H3,(H,49,54);1-2H3. The second kappa shape index (κ2) is 18.1. The number of piperidine rings is 1. The van der Waals surface area contributed by atoms with E-state index in [2.05, 4.69) is 62.2 Å². The number of carbonyl (C=O) groups is 1. The van der Waals surface area contributed by atoms with Crippen molar-refractivity contribution in [1.82, 2.24) is 24.8 Å². The molecule has 1 saturated heterocycles. The minimum absolute atomic E-state index is 0.113. The molecule has 0 bridgehead atoms. The number of benzene rings is 3. The van der Waals surface area contributed by atoms with Gasteiger partial charge in [0.2, 0.25) is 0 Å². The molecule has 8 rings (SSSR count). The topological polar surface area (TPSA) is 89.4 Å². The maximum absolute atomic E-state index is 13.4. The number of aromatic nitrogens is 3. The lowest BCUT2D eigenvalue weighted by molar-refractivity contribution is 0.0500. The maximum atomic E-state index is 13.4. The van der Waals surface area contributed by atoms with E-state index in [9.17, 15) is 9.59 Å². The van der Waals surface area contributed by atoms with E-state index < -0.39 is 5.60 Å². The van der Waals surface area contributed by atoms with E-state index in [1.807, 2.05) is 59.2 Å². The van der Waals surface area contributed by atoms with Gasteiger partial charge in [0.25, 0.3) is 5.56 Å². The third-order valence-corrected chi connectivity index (χ3v) is 13.6. The highest BCUT2D eigenvalue weighted by atomic mass is 35.5. The number of thiazole rings is 1. The molecule has 1 unspecified atom stereocenters. The van der Waals surface area contributed by atoms with Crippen molar-refractivity contribution in [2.45, 2.75) is 135 Å². The van der Waals surface area contributed by atoms with Crippen LogP contribution in [0.1, 0.15) is 145 Å². The molecule has 8 nitrogen and oxygen atoms in total. The van der Waals surface area contributed by atoms with E-state index in [0.717, 1.165) is 118 Å². The van der Waals surface area contributed by atoms with Gasteiger partial charge < -0.3 is 15.0 Å². The quantitative estimate of drug-likeness (QED) is 0.141. The molecular weight excluding hydrogens is 762 g/mol. The maximum Gasteiger partial charge on any atom is 0.408 e. The zero-order chi connectivity index (χ0) is 41.0. The van der Waals surface area contributed by atoms with Crippen LogP contribution in [0, 0.1) is 6.92 Å². The lowest BCUT2D eigenvalue weighted by atomic mass is 9.69. The third-order valence-electron chi connectivity index (χ3n) is 12.3. The number of rotatable bonds is 10. The van der Waals surface area contributed by atoms with E-state index in [-0.39, 0.29) is 23.1 Å². The van der Waals surface area contributed by atoms with Crippen LogP contribution in [0.4, 0.5) is 4.79 Å². The number of aryl methyl sites for hydroxylation is 1. The second-order valence-corrected chi connectivity index (χ2v) is 18.4. The fraction of sp³-hybridized carbons (Fsp3) is 0.500. The summed E-state index contributed by atoms with van der Waals surface area (Å²) in [7, 11) is 0. The molecule has 1 amide bonds. The van der Waals surface area contributed by atoms with Crippen molar-refractivity contribution < 1.29 is 9.53 Å². The number of carbonyl (C=O) groups excluding carboxylic acids is 1. The van der Waals surface area contributed by atoms with E-state index in [1.54, 1.807) is 17.4 Å². The van der Waals surface area contributed by atoms with E-state index in [4.69, 9.17) is 21.3 Å². The molecule has 1 aliphatic carbocycles. The summed E-state index contributed by atoms with van der Waals surface area (Å²) < 4.78 is 7.88. The molecule has 1 saturated carbocycles. The number of halogens is 1. The Morgan fingerprint density at radius 2 is 1.74 bits per heavy atom. The van der Waals surface area contributed by atoms with E-state index in [1.165, 1.54) is 22.4 Å². The lowest BCUT2D eigenvalue weighted by Gasteiger charge is -2.35. The average molecular weight is 823 g/mol. The highest BCUT2D eigenvalue weighted by Crippen LogP contribution is 2.52. The molecule has 1 N–H and O–H groups in total. The van der Waals surface area contributed by atoms with Crippen LogP contribution < -0.4 is 10.9 Å². The van der Waals surface area contributed by atoms with Gasteiger partial charge in [-0.3, -0.25) is 9.36 Å². The van der Waals surface area contributed by atoms with Gasteiger partial charge in [0, 0.05) is 0 Å². The molecular formula is C48H60ClN5O3S. The molecule has 2 aliphatic heterocycles. The molecule has 308 valence electrons. The van der Waals surface area contributed by atoms with Crippen LogP contribution in [0.15, 0.2) is 71.0 Å². The van der Waals surface area contributed by atoms with Crippen LogP contribution in [0.5, 0.6) is 0 Å². The Balaban J connectivity index is 0.00000252. The van der Waals surface area contributed by atoms with Crippen LogP contribution in [0.2, 0.25) is 5.02 Å². The van der Waals surface area contributed by atoms with Gasteiger partial charge >= 0.3 is 6.09 Å². The molecule has 0 radical (unpaired) electrons. The summed E-state index contributed by atoms with van der Waals surface area (Å²) in [6.07, 6.45) is 11.6. The smallest absolute Gasteiger partial charge is 0.408 e. The Kier molecular flexibility index (Phi) is 13.1. The fourth-order valence-electron chi connectivity index (χ4n) is 9.51. The van der Waals surface area contributed by atoms with Crippen molar-refractivity contribution in [3.05, 3.63) is 110 Å². The Hall–Kier alpha value is -4.05. The number of ether oxygens (including phenoxy) is 1. The molecule has 10 heteroatoms. The number of nitrogens with zero attached hydrogens (tertiary/aromatic N) is 4. The molecule has 2 aromatic heterocycles. The fourth-order valence-corrected chi connectivity index (χ4v) is 10.6. The average Bonchev–Trinajstić information content (AvgIpc) is 3.76. The summed E-state index contributed by atoms with van der Waals surface area (Å²) in [4.78, 5) is 39.2. The van der Waals surface area contributed by atoms with Crippen LogP contribution >= 0.6 is 22.9 Å². The molecule has 1 spiro atoms. The van der Waals surface area contributed by atoms with Crippen molar-refractivity contribution in [3.8, 4) is 16.1 Å². The van der Waals surface area contributed by atoms with Crippen LogP contribution in [-0.2, 0) is 10.2 Å². The molecule has 58 heavy (non-hydrogen) atoms. The Bertz CT molecular complexity index is 2260. The molecule has 3 aromatic carbocycles. The largest absolute Gasteiger partial charge is 0.444 e. The first-order valence-electron chi connectivity index (χ1n) is 21.6. The van der Waals surface area contributed by atoms with Crippen LogP contribution in [0.3, 0.4) is 0 Å². The number of unbranched alkanes of at least 4 members (excludes halogenated alkanes) is 2. The number of likely N-dealkylation sites (tertiary alicyclic amines) is 1. The van der Waals surface area contributed by atoms with Gasteiger partial charge in [0.05, 0.1) is 49.2 Å². The zero-order valence-electron chi connectivity index (χ0n) is 35.2. The van der Waals surface area contributed by atoms with E-state index >= 15 is 0 Å². The van der Waals surface area contributed by atoms with Crippen LogP contribution in [-0.4, -0.2) is 50.8 Å². The molecule has 4 heterocycles. The summed E-state index contributed by atoms with van der Waals surface area (Å²) in [6, 6.07) is 21.3. The summed E-state index contributed by atoms with van der Waals surface area (Å²) in [5.41, 5.74) is 8.98. The minimum Gasteiger partial charge on any atom is -0.444 e. The van der Waals surface area contributed by atoms with Crippen molar-refractivity contribution in [3.63, 3.8) is 0 Å². The number of hydrogen-bond donors (Lipinski definition) is 1. The predicted octanol–water partition coefficient (Wildman–Crippen LogP) is 12.1. The number of amides is 1. The number of hydrogen-bond acceptors (Lipinski definition) is 7. The molecule has 2 fully saturated rings. The Morgan fingerprint density at radius 1 is 1.00 bits per heavy atom. The van der Waals surface area contributed by atoms with Gasteiger partial charge in [0.15, 0.2) is 0 Å². The first-order valence-corrected chi connectivity index (χ1v) is 22.9. The summed E-state index contributed by atoms with van der Waals surface area (Å²) in [5, 5.41) is 4.14. The normalized spacial score (nSPS) is 17.0. The Labute approximate surface area is 353 Å². The zero-order valence-corrected chi connectivity index (χ0v) is 36.8. The number of alkyl carbamates (subject to hydrolysis) is 1. The van der Waals surface area contributed by atoms with Crippen molar-refractivity contribution >= 4 is 39.9 Å². The van der Waals surface area contributed by atoms with Crippen molar-refractivity contribution in [2.24, 2.45) is 0 Å². The second-order valence-electron chi connectivity index (χ2n) is 17.2. The first-order chi connectivity index (χ1) is 28.0. The van der Waals surface area contributed by atoms with Gasteiger partial charge in [-0.1, -0.05) is 100 Å². The minimum atomic E-state index is -0.552. The van der Waals surface area contributed by atoms with Gasteiger partial charge in [0.1, 0.15) is 11.4 Å². The molecule has 3 aliphatic rings. The highest BCUT2D eigenvalue weighted by Gasteiger charge is 2.47.